The highest BCUT2D eigenvalue weighted by molar-refractivity contribution is 5.94. The monoisotopic (exact) mass is 253 g/mol. The van der Waals surface area contributed by atoms with Crippen LogP contribution in [0.25, 0.3) is 0 Å². The number of urea groups is 1. The highest BCUT2D eigenvalue weighted by atomic mass is 16.2. The van der Waals surface area contributed by atoms with Crippen LogP contribution in [0.1, 0.15) is 5.56 Å². The molecule has 2 rings (SSSR count). The van der Waals surface area contributed by atoms with E-state index in [1.165, 1.54) is 11.1 Å². The standard InChI is InChI=1S/C13H11N5O/c1-18-12-4-11(16-7-9(5-14)6-15)3-2-10(12)8-17-13(18)19/h2-4,7,16H,8H2,1H3,(H,17,19). The number of carbonyl (C=O) groups excluding carboxylic acids is 1. The predicted octanol–water partition coefficient (Wildman–Crippen LogP) is 1.69. The maximum absolute atomic E-state index is 11.5. The second-order valence-electron chi connectivity index (χ2n) is 3.99. The molecule has 6 heteroatoms. The Kier molecular flexibility index (Phi) is 3.35. The lowest BCUT2D eigenvalue weighted by molar-refractivity contribution is 0.246. The van der Waals surface area contributed by atoms with Crippen LogP contribution < -0.4 is 15.5 Å². The van der Waals surface area contributed by atoms with Crippen LogP contribution in [0.3, 0.4) is 0 Å². The third kappa shape index (κ3) is 2.48. The molecular weight excluding hydrogens is 242 g/mol. The van der Waals surface area contributed by atoms with Gasteiger partial charge in [-0.05, 0) is 17.7 Å². The van der Waals surface area contributed by atoms with Crippen molar-refractivity contribution in [3.05, 3.63) is 35.5 Å². The third-order valence-corrected chi connectivity index (χ3v) is 2.81. The quantitative estimate of drug-likeness (QED) is 0.784. The molecule has 1 aromatic rings. The molecule has 0 fully saturated rings. The number of rotatable bonds is 2. The second-order valence-corrected chi connectivity index (χ2v) is 3.99. The Labute approximate surface area is 110 Å². The number of amides is 2. The van der Waals surface area contributed by atoms with Crippen molar-refractivity contribution in [2.24, 2.45) is 0 Å². The van der Waals surface area contributed by atoms with Gasteiger partial charge in [0, 0.05) is 25.5 Å². The fraction of sp³-hybridized carbons (Fsp3) is 0.154. The van der Waals surface area contributed by atoms with Gasteiger partial charge in [0.05, 0.1) is 5.69 Å². The number of hydrogen-bond donors (Lipinski definition) is 2. The summed E-state index contributed by atoms with van der Waals surface area (Å²) in [6.07, 6.45) is 1.34. The Bertz CT molecular complexity index is 619. The van der Waals surface area contributed by atoms with Gasteiger partial charge >= 0.3 is 6.03 Å². The van der Waals surface area contributed by atoms with Crippen LogP contribution in [-0.4, -0.2) is 13.1 Å². The third-order valence-electron chi connectivity index (χ3n) is 2.81. The number of hydrogen-bond acceptors (Lipinski definition) is 4. The molecule has 94 valence electrons. The first-order chi connectivity index (χ1) is 9.15. The van der Waals surface area contributed by atoms with Crippen molar-refractivity contribution in [1.29, 1.82) is 10.5 Å². The lowest BCUT2D eigenvalue weighted by Crippen LogP contribution is -2.41. The summed E-state index contributed by atoms with van der Waals surface area (Å²) in [6, 6.07) is 8.89. The van der Waals surface area contributed by atoms with Gasteiger partial charge < -0.3 is 10.6 Å². The molecule has 1 aromatic carbocycles. The molecule has 0 aromatic heterocycles. The summed E-state index contributed by atoms with van der Waals surface area (Å²) >= 11 is 0. The van der Waals surface area contributed by atoms with Crippen LogP contribution in [0.15, 0.2) is 30.0 Å². The molecule has 0 unspecified atom stereocenters. The average molecular weight is 253 g/mol. The van der Waals surface area contributed by atoms with Crippen LogP contribution in [-0.2, 0) is 6.54 Å². The zero-order valence-electron chi connectivity index (χ0n) is 10.3. The molecule has 0 saturated heterocycles. The molecule has 0 aliphatic carbocycles. The van der Waals surface area contributed by atoms with E-state index in [0.717, 1.165) is 11.3 Å². The minimum Gasteiger partial charge on any atom is -0.360 e. The Morgan fingerprint density at radius 3 is 2.89 bits per heavy atom. The first-order valence-electron chi connectivity index (χ1n) is 5.57. The van der Waals surface area contributed by atoms with Crippen molar-refractivity contribution < 1.29 is 4.79 Å². The Morgan fingerprint density at radius 2 is 2.21 bits per heavy atom. The van der Waals surface area contributed by atoms with E-state index in [0.29, 0.717) is 12.2 Å². The van der Waals surface area contributed by atoms with Crippen molar-refractivity contribution in [1.82, 2.24) is 5.32 Å². The first-order valence-corrected chi connectivity index (χ1v) is 5.57. The Morgan fingerprint density at radius 1 is 1.47 bits per heavy atom. The summed E-state index contributed by atoms with van der Waals surface area (Å²) in [5, 5.41) is 22.9. The first kappa shape index (κ1) is 12.5. The van der Waals surface area contributed by atoms with E-state index in [4.69, 9.17) is 10.5 Å². The topological polar surface area (TPSA) is 91.9 Å². The summed E-state index contributed by atoms with van der Waals surface area (Å²) in [4.78, 5) is 13.0. The van der Waals surface area contributed by atoms with Gasteiger partial charge in [0.15, 0.2) is 0 Å². The lowest BCUT2D eigenvalue weighted by Gasteiger charge is -2.27. The summed E-state index contributed by atoms with van der Waals surface area (Å²) in [5.74, 6) is 0. The number of benzene rings is 1. The molecule has 0 saturated carbocycles. The van der Waals surface area contributed by atoms with Gasteiger partial charge in [0.2, 0.25) is 0 Å². The molecule has 0 atom stereocenters. The fourth-order valence-corrected chi connectivity index (χ4v) is 1.76. The molecule has 6 nitrogen and oxygen atoms in total. The maximum Gasteiger partial charge on any atom is 0.321 e. The smallest absolute Gasteiger partial charge is 0.321 e. The van der Waals surface area contributed by atoms with Crippen LogP contribution >= 0.6 is 0 Å². The van der Waals surface area contributed by atoms with Crippen molar-refractivity contribution in [2.45, 2.75) is 6.54 Å². The fourth-order valence-electron chi connectivity index (χ4n) is 1.76. The number of nitrogens with zero attached hydrogens (tertiary/aromatic N) is 3. The Hall–Kier alpha value is -2.99. The van der Waals surface area contributed by atoms with Crippen LogP contribution in [0.5, 0.6) is 0 Å². The number of nitrogens with one attached hydrogen (secondary N) is 2. The van der Waals surface area contributed by atoms with E-state index >= 15 is 0 Å². The molecule has 2 amide bonds. The van der Waals surface area contributed by atoms with Crippen LogP contribution in [0, 0.1) is 22.7 Å². The van der Waals surface area contributed by atoms with Gasteiger partial charge in [0.1, 0.15) is 17.7 Å². The highest BCUT2D eigenvalue weighted by Crippen LogP contribution is 2.26. The number of nitriles is 2. The van der Waals surface area contributed by atoms with Gasteiger partial charge in [-0.2, -0.15) is 10.5 Å². The van der Waals surface area contributed by atoms with Crippen molar-refractivity contribution in [2.75, 3.05) is 17.3 Å². The van der Waals surface area contributed by atoms with Crippen LogP contribution in [0.4, 0.5) is 16.2 Å². The Balaban J connectivity index is 2.27. The minimum absolute atomic E-state index is 0.0104. The van der Waals surface area contributed by atoms with Gasteiger partial charge in [-0.15, -0.1) is 0 Å². The van der Waals surface area contributed by atoms with Gasteiger partial charge in [-0.1, -0.05) is 6.07 Å². The minimum atomic E-state index is -0.157. The predicted molar refractivity (Wildman–Crippen MR) is 70.0 cm³/mol. The second kappa shape index (κ2) is 5.11. The van der Waals surface area contributed by atoms with Gasteiger partial charge in [-0.3, -0.25) is 4.90 Å². The van der Waals surface area contributed by atoms with Crippen LogP contribution in [0.2, 0.25) is 0 Å². The summed E-state index contributed by atoms with van der Waals surface area (Å²) in [5.41, 5.74) is 2.52. The van der Waals surface area contributed by atoms with E-state index in [2.05, 4.69) is 10.6 Å². The summed E-state index contributed by atoms with van der Waals surface area (Å²) in [7, 11) is 1.68. The molecule has 1 aliphatic rings. The molecular formula is C13H11N5O. The van der Waals surface area contributed by atoms with Gasteiger partial charge in [-0.25, -0.2) is 4.79 Å². The summed E-state index contributed by atoms with van der Waals surface area (Å²) < 4.78 is 0. The van der Waals surface area contributed by atoms with E-state index in [1.807, 2.05) is 12.1 Å². The van der Waals surface area contributed by atoms with E-state index in [-0.39, 0.29) is 11.6 Å². The molecule has 0 bridgehead atoms. The van der Waals surface area contributed by atoms with Gasteiger partial charge in [0.25, 0.3) is 0 Å². The number of fused-ring (bicyclic) bond motifs is 1. The molecule has 0 radical (unpaired) electrons. The number of anilines is 2. The highest BCUT2D eigenvalue weighted by Gasteiger charge is 2.19. The van der Waals surface area contributed by atoms with E-state index in [1.54, 1.807) is 25.3 Å². The van der Waals surface area contributed by atoms with E-state index in [9.17, 15) is 4.79 Å². The zero-order valence-corrected chi connectivity index (χ0v) is 10.3. The maximum atomic E-state index is 11.5. The van der Waals surface area contributed by atoms with Crippen molar-refractivity contribution in [3.63, 3.8) is 0 Å². The zero-order chi connectivity index (χ0) is 13.8. The normalized spacial score (nSPS) is 12.6. The molecule has 19 heavy (non-hydrogen) atoms. The SMILES string of the molecule is CN1C(=O)NCc2ccc(NC=C(C#N)C#N)cc21. The molecule has 0 spiro atoms. The largest absolute Gasteiger partial charge is 0.360 e. The summed E-state index contributed by atoms with van der Waals surface area (Å²) in [6.45, 7) is 0.496. The van der Waals surface area contributed by atoms with Crippen molar-refractivity contribution in [3.8, 4) is 12.1 Å². The van der Waals surface area contributed by atoms with Crippen molar-refractivity contribution >= 4 is 17.4 Å². The average Bonchev–Trinajstić information content (AvgIpc) is 2.44. The van der Waals surface area contributed by atoms with E-state index < -0.39 is 0 Å². The molecule has 2 N–H and O–H groups in total. The molecule has 1 aliphatic heterocycles. The number of carbonyl (C=O) groups is 1. The molecule has 1 heterocycles. The lowest BCUT2D eigenvalue weighted by atomic mass is 10.1. The number of allylic oxidation sites excluding steroid dienone is 1.